The van der Waals surface area contributed by atoms with Gasteiger partial charge in [0, 0.05) is 31.1 Å². The summed E-state index contributed by atoms with van der Waals surface area (Å²) in [6.07, 6.45) is 0. The predicted octanol–water partition coefficient (Wildman–Crippen LogP) is 2.57. The van der Waals surface area contributed by atoms with Gasteiger partial charge < -0.3 is 19.3 Å². The lowest BCUT2D eigenvalue weighted by atomic mass is 10.1. The Morgan fingerprint density at radius 3 is 2.54 bits per heavy atom. The van der Waals surface area contributed by atoms with E-state index in [0.29, 0.717) is 13.2 Å². The molecular weight excluding hydrogens is 324 g/mol. The molecule has 6 heteroatoms. The zero-order valence-electron chi connectivity index (χ0n) is 13.7. The lowest BCUT2D eigenvalue weighted by Gasteiger charge is -2.32. The summed E-state index contributed by atoms with van der Waals surface area (Å²) in [5.41, 5.74) is 1.06. The molecule has 24 heavy (non-hydrogen) atoms. The number of carbonyl (C=O) groups is 1. The van der Waals surface area contributed by atoms with Crippen LogP contribution in [0.25, 0.3) is 10.4 Å². The minimum Gasteiger partial charge on any atom is -0.486 e. The number of ether oxygens (including phenoxy) is 2. The molecule has 126 valence electrons. The van der Waals surface area contributed by atoms with Crippen LogP contribution in [0.5, 0.6) is 11.5 Å². The maximum Gasteiger partial charge on any atom is 0.264 e. The summed E-state index contributed by atoms with van der Waals surface area (Å²) in [7, 11) is 2.09. The Bertz CT molecular complexity index is 750. The normalized spacial score (nSPS) is 17.8. The van der Waals surface area contributed by atoms with Gasteiger partial charge in [-0.2, -0.15) is 0 Å². The number of hydrogen-bond donors (Lipinski definition) is 0. The van der Waals surface area contributed by atoms with Crippen LogP contribution in [-0.4, -0.2) is 62.1 Å². The number of piperazine rings is 1. The molecule has 2 aliphatic rings. The van der Waals surface area contributed by atoms with Gasteiger partial charge in [-0.25, -0.2) is 0 Å². The summed E-state index contributed by atoms with van der Waals surface area (Å²) in [4.78, 5) is 18.7. The summed E-state index contributed by atoms with van der Waals surface area (Å²) < 4.78 is 11.2. The maximum absolute atomic E-state index is 12.7. The quantitative estimate of drug-likeness (QED) is 0.840. The van der Waals surface area contributed by atoms with Crippen LogP contribution in [0.15, 0.2) is 30.3 Å². The molecule has 1 amide bonds. The minimum atomic E-state index is 0.136. The van der Waals surface area contributed by atoms with Crippen LogP contribution >= 0.6 is 11.3 Å². The Morgan fingerprint density at radius 2 is 1.75 bits per heavy atom. The second-order valence-corrected chi connectivity index (χ2v) is 7.20. The third-order valence-electron chi connectivity index (χ3n) is 4.43. The van der Waals surface area contributed by atoms with Crippen molar-refractivity contribution in [1.82, 2.24) is 9.80 Å². The van der Waals surface area contributed by atoms with Gasteiger partial charge >= 0.3 is 0 Å². The highest BCUT2D eigenvalue weighted by molar-refractivity contribution is 7.17. The molecule has 0 bridgehead atoms. The van der Waals surface area contributed by atoms with Crippen LogP contribution in [-0.2, 0) is 0 Å². The smallest absolute Gasteiger partial charge is 0.264 e. The minimum absolute atomic E-state index is 0.136. The Hall–Kier alpha value is -2.05. The van der Waals surface area contributed by atoms with Crippen molar-refractivity contribution < 1.29 is 14.3 Å². The molecule has 0 saturated carbocycles. The van der Waals surface area contributed by atoms with Crippen LogP contribution in [0.4, 0.5) is 0 Å². The fourth-order valence-electron chi connectivity index (χ4n) is 2.97. The van der Waals surface area contributed by atoms with Gasteiger partial charge in [-0.05, 0) is 42.9 Å². The van der Waals surface area contributed by atoms with Gasteiger partial charge in [-0.3, -0.25) is 4.79 Å². The van der Waals surface area contributed by atoms with Crippen molar-refractivity contribution >= 4 is 17.2 Å². The summed E-state index contributed by atoms with van der Waals surface area (Å²) in [5.74, 6) is 1.70. The molecule has 1 aromatic heterocycles. The van der Waals surface area contributed by atoms with Crippen molar-refractivity contribution in [2.75, 3.05) is 46.4 Å². The van der Waals surface area contributed by atoms with Gasteiger partial charge in [0.2, 0.25) is 0 Å². The van der Waals surface area contributed by atoms with Crippen molar-refractivity contribution in [3.63, 3.8) is 0 Å². The van der Waals surface area contributed by atoms with E-state index in [9.17, 15) is 4.79 Å². The van der Waals surface area contributed by atoms with E-state index in [1.165, 1.54) is 11.3 Å². The molecular formula is C18H20N2O3S. The summed E-state index contributed by atoms with van der Waals surface area (Å²) in [5, 5.41) is 0. The van der Waals surface area contributed by atoms with Crippen molar-refractivity contribution in [3.8, 4) is 21.9 Å². The van der Waals surface area contributed by atoms with E-state index >= 15 is 0 Å². The highest BCUT2D eigenvalue weighted by atomic mass is 32.1. The van der Waals surface area contributed by atoms with Crippen LogP contribution in [0.2, 0.25) is 0 Å². The second-order valence-electron chi connectivity index (χ2n) is 6.12. The molecule has 2 aromatic rings. The third-order valence-corrected chi connectivity index (χ3v) is 5.56. The van der Waals surface area contributed by atoms with E-state index in [2.05, 4.69) is 11.9 Å². The molecule has 1 saturated heterocycles. The number of benzene rings is 1. The molecule has 5 nitrogen and oxygen atoms in total. The second kappa shape index (κ2) is 6.45. The monoisotopic (exact) mass is 344 g/mol. The van der Waals surface area contributed by atoms with E-state index in [0.717, 1.165) is 53.0 Å². The molecule has 0 unspecified atom stereocenters. The molecule has 1 aromatic carbocycles. The molecule has 0 aliphatic carbocycles. The third kappa shape index (κ3) is 2.99. The van der Waals surface area contributed by atoms with Gasteiger partial charge in [0.05, 0.1) is 4.88 Å². The molecule has 0 N–H and O–H groups in total. The first kappa shape index (κ1) is 15.5. The number of rotatable bonds is 2. The molecule has 3 heterocycles. The Kier molecular flexibility index (Phi) is 4.16. The van der Waals surface area contributed by atoms with Crippen molar-refractivity contribution in [3.05, 3.63) is 35.2 Å². The van der Waals surface area contributed by atoms with Crippen LogP contribution in [0.1, 0.15) is 9.67 Å². The zero-order chi connectivity index (χ0) is 16.5. The summed E-state index contributed by atoms with van der Waals surface area (Å²) in [6, 6.07) is 9.89. The number of carbonyl (C=O) groups excluding carboxylic acids is 1. The Labute approximate surface area is 145 Å². The molecule has 0 spiro atoms. The SMILES string of the molecule is CN1CCN(C(=O)c2ccc(-c3ccc4c(c3)OCCO4)s2)CC1. The number of likely N-dealkylation sites (N-methyl/N-ethyl adjacent to an activating group) is 1. The van der Waals surface area contributed by atoms with E-state index in [1.807, 2.05) is 35.2 Å². The summed E-state index contributed by atoms with van der Waals surface area (Å²) in [6.45, 7) is 4.64. The van der Waals surface area contributed by atoms with E-state index < -0.39 is 0 Å². The molecule has 2 aliphatic heterocycles. The average molecular weight is 344 g/mol. The first-order chi connectivity index (χ1) is 11.7. The molecule has 0 radical (unpaired) electrons. The number of hydrogen-bond acceptors (Lipinski definition) is 5. The van der Waals surface area contributed by atoms with Crippen molar-refractivity contribution in [2.45, 2.75) is 0 Å². The highest BCUT2D eigenvalue weighted by Gasteiger charge is 2.22. The average Bonchev–Trinajstić information content (AvgIpc) is 3.11. The number of fused-ring (bicyclic) bond motifs is 1. The highest BCUT2D eigenvalue weighted by Crippen LogP contribution is 2.37. The molecule has 0 atom stereocenters. The molecule has 1 fully saturated rings. The number of thiophene rings is 1. The standard InChI is InChI=1S/C18H20N2O3S/c1-19-6-8-20(9-7-19)18(21)17-5-4-16(24-17)13-2-3-14-15(12-13)23-11-10-22-14/h2-5,12H,6-11H2,1H3. The van der Waals surface area contributed by atoms with E-state index in [-0.39, 0.29) is 5.91 Å². The number of amides is 1. The van der Waals surface area contributed by atoms with Gasteiger partial charge in [0.15, 0.2) is 11.5 Å². The van der Waals surface area contributed by atoms with E-state index in [4.69, 9.17) is 9.47 Å². The topological polar surface area (TPSA) is 42.0 Å². The van der Waals surface area contributed by atoms with Crippen LogP contribution in [0, 0.1) is 0 Å². The maximum atomic E-state index is 12.7. The lowest BCUT2D eigenvalue weighted by Crippen LogP contribution is -2.46. The Morgan fingerprint density at radius 1 is 1.00 bits per heavy atom. The Balaban J connectivity index is 1.53. The van der Waals surface area contributed by atoms with Crippen molar-refractivity contribution in [2.24, 2.45) is 0 Å². The molecule has 4 rings (SSSR count). The van der Waals surface area contributed by atoms with Gasteiger partial charge in [0.1, 0.15) is 13.2 Å². The van der Waals surface area contributed by atoms with Gasteiger partial charge in [-0.15, -0.1) is 11.3 Å². The number of nitrogens with zero attached hydrogens (tertiary/aromatic N) is 2. The van der Waals surface area contributed by atoms with Gasteiger partial charge in [-0.1, -0.05) is 0 Å². The fraction of sp³-hybridized carbons (Fsp3) is 0.389. The van der Waals surface area contributed by atoms with E-state index in [1.54, 1.807) is 0 Å². The van der Waals surface area contributed by atoms with Crippen LogP contribution in [0.3, 0.4) is 0 Å². The largest absolute Gasteiger partial charge is 0.486 e. The lowest BCUT2D eigenvalue weighted by molar-refractivity contribution is 0.0669. The zero-order valence-corrected chi connectivity index (χ0v) is 14.5. The van der Waals surface area contributed by atoms with Crippen LogP contribution < -0.4 is 9.47 Å². The predicted molar refractivity (Wildman–Crippen MR) is 94.1 cm³/mol. The van der Waals surface area contributed by atoms with Gasteiger partial charge in [0.25, 0.3) is 5.91 Å². The first-order valence-corrected chi connectivity index (χ1v) is 9.00. The first-order valence-electron chi connectivity index (χ1n) is 8.18. The fourth-order valence-corrected chi connectivity index (χ4v) is 3.94. The van der Waals surface area contributed by atoms with Crippen molar-refractivity contribution in [1.29, 1.82) is 0 Å². The summed E-state index contributed by atoms with van der Waals surface area (Å²) >= 11 is 1.54.